The molecule has 0 heterocycles. The number of alkyl halides is 3. The molecule has 0 spiro atoms. The molecule has 0 aromatic heterocycles. The van der Waals surface area contributed by atoms with Crippen molar-refractivity contribution < 1.29 is 22.8 Å². The minimum absolute atomic E-state index is 0.0586. The molecule has 0 atom stereocenters. The third-order valence-corrected chi connectivity index (χ3v) is 4.34. The van der Waals surface area contributed by atoms with Crippen molar-refractivity contribution in [3.63, 3.8) is 0 Å². The molecule has 4 nitrogen and oxygen atoms in total. The first-order valence-corrected chi connectivity index (χ1v) is 8.66. The molecule has 0 radical (unpaired) electrons. The van der Waals surface area contributed by atoms with Gasteiger partial charge in [-0.15, -0.1) is 0 Å². The van der Waals surface area contributed by atoms with Crippen LogP contribution < -0.4 is 5.32 Å². The fourth-order valence-corrected chi connectivity index (χ4v) is 2.91. The lowest BCUT2D eigenvalue weighted by Crippen LogP contribution is -2.37. The second-order valence-corrected chi connectivity index (χ2v) is 6.43. The number of hydrogen-bond acceptors (Lipinski definition) is 2. The number of halogens is 3. The van der Waals surface area contributed by atoms with Crippen molar-refractivity contribution in [1.82, 2.24) is 4.90 Å². The van der Waals surface area contributed by atoms with Crippen LogP contribution in [0.15, 0.2) is 35.9 Å². The predicted molar refractivity (Wildman–Crippen MR) is 93.5 cm³/mol. The van der Waals surface area contributed by atoms with Crippen molar-refractivity contribution in [2.45, 2.75) is 45.2 Å². The summed E-state index contributed by atoms with van der Waals surface area (Å²) in [7, 11) is 0. The number of carbonyl (C=O) groups is 2. The molecule has 142 valence electrons. The van der Waals surface area contributed by atoms with Crippen LogP contribution in [-0.2, 0) is 15.8 Å². The molecule has 2 amide bonds. The van der Waals surface area contributed by atoms with Crippen LogP contribution in [0.5, 0.6) is 0 Å². The maximum Gasteiger partial charge on any atom is 0.416 e. The van der Waals surface area contributed by atoms with Gasteiger partial charge >= 0.3 is 6.18 Å². The number of allylic oxidation sites excluding steroid dienone is 1. The van der Waals surface area contributed by atoms with Gasteiger partial charge in [0, 0.05) is 19.2 Å². The van der Waals surface area contributed by atoms with Crippen molar-refractivity contribution in [3.8, 4) is 0 Å². The summed E-state index contributed by atoms with van der Waals surface area (Å²) in [6.07, 6.45) is 2.82. The summed E-state index contributed by atoms with van der Waals surface area (Å²) in [6, 6.07) is 4.44. The van der Waals surface area contributed by atoms with Gasteiger partial charge in [-0.2, -0.15) is 13.2 Å². The van der Waals surface area contributed by atoms with Crippen LogP contribution >= 0.6 is 0 Å². The highest BCUT2D eigenvalue weighted by molar-refractivity contribution is 5.94. The van der Waals surface area contributed by atoms with E-state index in [-0.39, 0.29) is 18.1 Å². The molecule has 26 heavy (non-hydrogen) atoms. The Morgan fingerprint density at radius 3 is 2.62 bits per heavy atom. The number of nitrogens with one attached hydrogen (secondary N) is 1. The monoisotopic (exact) mass is 368 g/mol. The summed E-state index contributed by atoms with van der Waals surface area (Å²) < 4.78 is 38.2. The minimum atomic E-state index is -4.47. The molecule has 1 aromatic rings. The van der Waals surface area contributed by atoms with Gasteiger partial charge in [-0.1, -0.05) is 17.7 Å². The average molecular weight is 368 g/mol. The van der Waals surface area contributed by atoms with Crippen LogP contribution in [0, 0.1) is 0 Å². The Morgan fingerprint density at radius 2 is 2.00 bits per heavy atom. The second-order valence-electron chi connectivity index (χ2n) is 6.43. The highest BCUT2D eigenvalue weighted by Crippen LogP contribution is 2.30. The van der Waals surface area contributed by atoms with Gasteiger partial charge in [-0.25, -0.2) is 0 Å². The quantitative estimate of drug-likeness (QED) is 0.758. The van der Waals surface area contributed by atoms with Crippen molar-refractivity contribution in [2.75, 3.05) is 18.4 Å². The van der Waals surface area contributed by atoms with Crippen molar-refractivity contribution >= 4 is 17.5 Å². The lowest BCUT2D eigenvalue weighted by Gasteiger charge is -2.22. The Labute approximate surface area is 151 Å². The zero-order valence-corrected chi connectivity index (χ0v) is 14.7. The van der Waals surface area contributed by atoms with Crippen LogP contribution in [0.3, 0.4) is 0 Å². The smallest absolute Gasteiger partial charge is 0.333 e. The summed E-state index contributed by atoms with van der Waals surface area (Å²) in [5.41, 5.74) is 0.520. The molecule has 0 fully saturated rings. The van der Waals surface area contributed by atoms with Gasteiger partial charge < -0.3 is 10.2 Å². The molecule has 0 aliphatic heterocycles. The lowest BCUT2D eigenvalue weighted by molar-refractivity contribution is -0.137. The van der Waals surface area contributed by atoms with E-state index < -0.39 is 17.6 Å². The second kappa shape index (κ2) is 8.87. The number of rotatable bonds is 6. The van der Waals surface area contributed by atoms with E-state index in [0.717, 1.165) is 37.8 Å². The van der Waals surface area contributed by atoms with Crippen LogP contribution in [0.2, 0.25) is 0 Å². The molecule has 1 aliphatic carbocycles. The van der Waals surface area contributed by atoms with Crippen LogP contribution in [0.1, 0.15) is 44.6 Å². The van der Waals surface area contributed by atoms with Gasteiger partial charge in [0.15, 0.2) is 0 Å². The first-order valence-electron chi connectivity index (χ1n) is 8.66. The van der Waals surface area contributed by atoms with E-state index in [4.69, 9.17) is 0 Å². The van der Waals surface area contributed by atoms with Gasteiger partial charge in [-0.05, 0) is 50.3 Å². The highest BCUT2D eigenvalue weighted by Gasteiger charge is 2.30. The molecule has 0 saturated carbocycles. The van der Waals surface area contributed by atoms with Gasteiger partial charge in [-0.3, -0.25) is 9.59 Å². The van der Waals surface area contributed by atoms with Crippen LogP contribution in [-0.4, -0.2) is 29.8 Å². The Kier molecular flexibility index (Phi) is 6.83. The first kappa shape index (κ1) is 20.0. The first-order chi connectivity index (χ1) is 12.3. The van der Waals surface area contributed by atoms with Crippen molar-refractivity contribution in [1.29, 1.82) is 0 Å². The maximum absolute atomic E-state index is 12.7. The van der Waals surface area contributed by atoms with E-state index in [0.29, 0.717) is 6.54 Å². The Bertz CT molecular complexity index is 684. The SMILES string of the molecule is CC(=O)N(CCC1=CCCCC1)CC(=O)Nc1cccc(C(F)(F)F)c1. The maximum atomic E-state index is 12.7. The lowest BCUT2D eigenvalue weighted by atomic mass is 9.97. The summed E-state index contributed by atoms with van der Waals surface area (Å²) >= 11 is 0. The van der Waals surface area contributed by atoms with E-state index in [1.165, 1.54) is 36.0 Å². The number of benzene rings is 1. The predicted octanol–water partition coefficient (Wildman–Crippen LogP) is 4.38. The van der Waals surface area contributed by atoms with Gasteiger partial charge in [0.2, 0.25) is 11.8 Å². The molecule has 2 rings (SSSR count). The number of carbonyl (C=O) groups excluding carboxylic acids is 2. The molecule has 1 N–H and O–H groups in total. The summed E-state index contributed by atoms with van der Waals surface area (Å²) in [4.78, 5) is 25.3. The Morgan fingerprint density at radius 1 is 1.23 bits per heavy atom. The summed E-state index contributed by atoms with van der Waals surface area (Å²) in [6.45, 7) is 1.63. The molecule has 0 unspecified atom stereocenters. The van der Waals surface area contributed by atoms with Crippen LogP contribution in [0.25, 0.3) is 0 Å². The summed E-state index contributed by atoms with van der Waals surface area (Å²) in [5.74, 6) is -0.752. The zero-order chi connectivity index (χ0) is 19.2. The third kappa shape index (κ3) is 6.20. The topological polar surface area (TPSA) is 49.4 Å². The van der Waals surface area contributed by atoms with Crippen molar-refractivity contribution in [3.05, 3.63) is 41.5 Å². The highest BCUT2D eigenvalue weighted by atomic mass is 19.4. The zero-order valence-electron chi connectivity index (χ0n) is 14.7. The minimum Gasteiger partial charge on any atom is -0.333 e. The van der Waals surface area contributed by atoms with E-state index in [2.05, 4.69) is 11.4 Å². The van der Waals surface area contributed by atoms with Gasteiger partial charge in [0.05, 0.1) is 12.1 Å². The molecule has 0 saturated heterocycles. The molecule has 1 aromatic carbocycles. The third-order valence-electron chi connectivity index (χ3n) is 4.34. The molecular weight excluding hydrogens is 345 g/mol. The van der Waals surface area contributed by atoms with E-state index in [1.807, 2.05) is 0 Å². The normalized spacial score (nSPS) is 14.5. The number of amides is 2. The van der Waals surface area contributed by atoms with E-state index in [9.17, 15) is 22.8 Å². The standard InChI is InChI=1S/C19H23F3N2O2/c1-14(25)24(11-10-15-6-3-2-4-7-15)13-18(26)23-17-9-5-8-16(12-17)19(20,21)22/h5-6,8-9,12H,2-4,7,10-11,13H2,1H3,(H,23,26). The van der Waals surface area contributed by atoms with E-state index in [1.54, 1.807) is 0 Å². The number of nitrogens with zero attached hydrogens (tertiary/aromatic N) is 1. The molecule has 0 bridgehead atoms. The molecule has 1 aliphatic rings. The van der Waals surface area contributed by atoms with Gasteiger partial charge in [0.25, 0.3) is 0 Å². The fourth-order valence-electron chi connectivity index (χ4n) is 2.91. The fraction of sp³-hybridized carbons (Fsp3) is 0.474. The average Bonchev–Trinajstić information content (AvgIpc) is 2.58. The van der Waals surface area contributed by atoms with E-state index >= 15 is 0 Å². The van der Waals surface area contributed by atoms with Gasteiger partial charge in [0.1, 0.15) is 0 Å². The van der Waals surface area contributed by atoms with Crippen molar-refractivity contribution in [2.24, 2.45) is 0 Å². The Balaban J connectivity index is 1.93. The largest absolute Gasteiger partial charge is 0.416 e. The summed E-state index contributed by atoms with van der Waals surface area (Å²) in [5, 5.41) is 2.43. The Hall–Kier alpha value is -2.31. The molecule has 7 heteroatoms. The molecular formula is C19H23F3N2O2. The van der Waals surface area contributed by atoms with Crippen LogP contribution in [0.4, 0.5) is 18.9 Å². The number of hydrogen-bond donors (Lipinski definition) is 1. The number of anilines is 1.